The number of thiol groups is 1. The molecule has 0 aromatic rings. The molecule has 6 heteroatoms. The van der Waals surface area contributed by atoms with Crippen LogP contribution in [-0.4, -0.2) is 16.1 Å². The van der Waals surface area contributed by atoms with E-state index in [0.29, 0.717) is 5.25 Å². The fraction of sp³-hybridized carbons (Fsp3) is 1.00. The summed E-state index contributed by atoms with van der Waals surface area (Å²) in [5.74, 6) is 0. The van der Waals surface area contributed by atoms with E-state index in [2.05, 4.69) is 33.0 Å². The summed E-state index contributed by atoms with van der Waals surface area (Å²) in [6.07, 6.45) is 0.0358. The maximum atomic E-state index is 10.8. The maximum Gasteiger partial charge on any atom is 0.582 e. The predicted molar refractivity (Wildman–Crippen MR) is 60.2 cm³/mol. The standard InChI is InChI=1S/C6H11O2PS3/c1-4-5(8-9(7)10)6(2,3)12-11-4/h4-5H,1-3H3/p+1/t4-,5-/m1/s1. The summed E-state index contributed by atoms with van der Waals surface area (Å²) >= 11 is 3.76. The average molecular weight is 243 g/mol. The quantitative estimate of drug-likeness (QED) is 0.456. The molecule has 1 fully saturated rings. The van der Waals surface area contributed by atoms with E-state index in [0.717, 1.165) is 0 Å². The smallest absolute Gasteiger partial charge is 0.130 e. The van der Waals surface area contributed by atoms with Crippen LogP contribution >= 0.6 is 41.1 Å². The van der Waals surface area contributed by atoms with Gasteiger partial charge in [0, 0.05) is 5.25 Å². The van der Waals surface area contributed by atoms with Crippen molar-refractivity contribution >= 4 is 41.1 Å². The molecular formula is C6H12O2PS3+. The highest BCUT2D eigenvalue weighted by molar-refractivity contribution is 8.77. The van der Waals surface area contributed by atoms with Crippen molar-refractivity contribution < 1.29 is 9.09 Å². The lowest BCUT2D eigenvalue weighted by Gasteiger charge is -2.20. The molecule has 1 aliphatic rings. The van der Waals surface area contributed by atoms with Crippen molar-refractivity contribution in [3.05, 3.63) is 0 Å². The van der Waals surface area contributed by atoms with Crippen LogP contribution in [0.3, 0.4) is 0 Å². The van der Waals surface area contributed by atoms with Gasteiger partial charge in [-0.2, -0.15) is 0 Å². The molecule has 1 saturated heterocycles. The Hall–Kier alpha value is 1.11. The van der Waals surface area contributed by atoms with E-state index in [4.69, 9.17) is 4.52 Å². The van der Waals surface area contributed by atoms with Gasteiger partial charge in [0.25, 0.3) is 0 Å². The van der Waals surface area contributed by atoms with Gasteiger partial charge in [0.2, 0.25) is 0 Å². The van der Waals surface area contributed by atoms with Crippen molar-refractivity contribution in [2.45, 2.75) is 36.9 Å². The molecule has 0 radical (unpaired) electrons. The van der Waals surface area contributed by atoms with Crippen molar-refractivity contribution in [3.8, 4) is 0 Å². The molecule has 2 nitrogen and oxygen atoms in total. The largest absolute Gasteiger partial charge is 0.582 e. The molecule has 1 heterocycles. The molecule has 0 bridgehead atoms. The molecular weight excluding hydrogens is 231 g/mol. The predicted octanol–water partition coefficient (Wildman–Crippen LogP) is 3.52. The first-order valence-electron chi connectivity index (χ1n) is 3.61. The molecule has 0 spiro atoms. The van der Waals surface area contributed by atoms with Crippen LogP contribution in [0.25, 0.3) is 0 Å². The Kier molecular flexibility index (Phi) is 3.82. The van der Waals surface area contributed by atoms with E-state index in [9.17, 15) is 4.57 Å². The van der Waals surface area contributed by atoms with Crippen molar-refractivity contribution in [1.82, 2.24) is 0 Å². The highest BCUT2D eigenvalue weighted by Gasteiger charge is 2.47. The van der Waals surface area contributed by atoms with Crippen molar-refractivity contribution in [2.75, 3.05) is 0 Å². The summed E-state index contributed by atoms with van der Waals surface area (Å²) in [5, 5.41) is 0.385. The third kappa shape index (κ3) is 2.55. The van der Waals surface area contributed by atoms with Crippen molar-refractivity contribution in [1.29, 1.82) is 0 Å². The summed E-state index contributed by atoms with van der Waals surface area (Å²) in [7, 11) is 1.79. The minimum absolute atomic E-state index is 0.0358. The van der Waals surface area contributed by atoms with Crippen LogP contribution in [0, 0.1) is 0 Å². The topological polar surface area (TPSA) is 26.3 Å². The molecule has 1 rings (SSSR count). The Balaban J connectivity index is 2.65. The normalized spacial score (nSPS) is 35.2. The summed E-state index contributed by atoms with van der Waals surface area (Å²) in [6, 6.07) is 0. The fourth-order valence-electron chi connectivity index (χ4n) is 1.17. The zero-order valence-electron chi connectivity index (χ0n) is 7.18. The second kappa shape index (κ2) is 4.09. The molecule has 0 aromatic carbocycles. The third-order valence-electron chi connectivity index (χ3n) is 1.73. The first-order valence-corrected chi connectivity index (χ1v) is 8.15. The van der Waals surface area contributed by atoms with E-state index >= 15 is 0 Å². The Morgan fingerprint density at radius 3 is 2.50 bits per heavy atom. The Bertz CT molecular complexity index is 197. The lowest BCUT2D eigenvalue weighted by Crippen LogP contribution is -2.34. The number of hydrogen-bond donors (Lipinski definition) is 1. The van der Waals surface area contributed by atoms with E-state index in [1.165, 1.54) is 0 Å². The fourth-order valence-corrected chi connectivity index (χ4v) is 5.39. The van der Waals surface area contributed by atoms with Crippen LogP contribution in [0.2, 0.25) is 0 Å². The van der Waals surface area contributed by atoms with E-state index < -0.39 is 7.23 Å². The minimum atomic E-state index is -1.78. The van der Waals surface area contributed by atoms with Crippen LogP contribution in [0.4, 0.5) is 0 Å². The van der Waals surface area contributed by atoms with Gasteiger partial charge in [0.15, 0.2) is 0 Å². The summed E-state index contributed by atoms with van der Waals surface area (Å²) in [6.45, 7) is 6.29. The number of rotatable bonds is 2. The molecule has 0 saturated carbocycles. The van der Waals surface area contributed by atoms with Crippen LogP contribution in [0.1, 0.15) is 20.8 Å². The van der Waals surface area contributed by atoms with Gasteiger partial charge in [-0.1, -0.05) is 21.6 Å². The highest BCUT2D eigenvalue weighted by atomic mass is 33.1. The molecule has 0 N–H and O–H groups in total. The van der Waals surface area contributed by atoms with E-state index in [1.807, 2.05) is 0 Å². The van der Waals surface area contributed by atoms with Crippen molar-refractivity contribution in [2.24, 2.45) is 0 Å². The lowest BCUT2D eigenvalue weighted by molar-refractivity contribution is 0.191. The summed E-state index contributed by atoms with van der Waals surface area (Å²) in [4.78, 5) is 0. The molecule has 12 heavy (non-hydrogen) atoms. The van der Waals surface area contributed by atoms with Gasteiger partial charge in [0.05, 0.1) is 4.75 Å². The third-order valence-corrected chi connectivity index (χ3v) is 6.22. The summed E-state index contributed by atoms with van der Waals surface area (Å²) < 4.78 is 16.1. The van der Waals surface area contributed by atoms with Crippen molar-refractivity contribution in [3.63, 3.8) is 0 Å². The van der Waals surface area contributed by atoms with Crippen LogP contribution in [0.15, 0.2) is 0 Å². The Labute approximate surface area is 87.0 Å². The van der Waals surface area contributed by atoms with Gasteiger partial charge in [-0.25, -0.2) is 0 Å². The van der Waals surface area contributed by atoms with Crippen LogP contribution in [-0.2, 0) is 9.09 Å². The van der Waals surface area contributed by atoms with E-state index in [1.54, 1.807) is 21.6 Å². The SMILES string of the molecule is C[C@H]1SSC(C)(C)[C@@H]1O[P+](=O)S. The van der Waals surface area contributed by atoms with Gasteiger partial charge in [-0.05, 0) is 25.3 Å². The van der Waals surface area contributed by atoms with Gasteiger partial charge >= 0.3 is 7.23 Å². The zero-order valence-corrected chi connectivity index (χ0v) is 10.6. The first kappa shape index (κ1) is 11.2. The second-order valence-corrected chi connectivity index (χ2v) is 8.15. The molecule has 0 aliphatic carbocycles. The first-order chi connectivity index (χ1) is 5.43. The monoisotopic (exact) mass is 243 g/mol. The molecule has 70 valence electrons. The second-order valence-electron chi connectivity index (χ2n) is 3.25. The van der Waals surface area contributed by atoms with Gasteiger partial charge in [-0.3, -0.25) is 0 Å². The van der Waals surface area contributed by atoms with Gasteiger partial charge in [0.1, 0.15) is 18.4 Å². The highest BCUT2D eigenvalue weighted by Crippen LogP contribution is 2.54. The molecule has 0 amide bonds. The molecule has 1 unspecified atom stereocenters. The van der Waals surface area contributed by atoms with Crippen LogP contribution < -0.4 is 0 Å². The van der Waals surface area contributed by atoms with Gasteiger partial charge < -0.3 is 0 Å². The molecule has 0 aromatic heterocycles. The Morgan fingerprint density at radius 1 is 1.58 bits per heavy atom. The average Bonchev–Trinajstić information content (AvgIpc) is 2.15. The maximum absolute atomic E-state index is 10.8. The zero-order chi connectivity index (χ0) is 9.35. The summed E-state index contributed by atoms with van der Waals surface area (Å²) in [5.41, 5.74) is 0. The Morgan fingerprint density at radius 2 is 2.17 bits per heavy atom. The molecule has 1 aliphatic heterocycles. The lowest BCUT2D eigenvalue weighted by atomic mass is 10.0. The van der Waals surface area contributed by atoms with E-state index in [-0.39, 0.29) is 10.9 Å². The minimum Gasteiger partial charge on any atom is -0.130 e. The number of hydrogen-bond acceptors (Lipinski definition) is 4. The van der Waals surface area contributed by atoms with Crippen LogP contribution in [0.5, 0.6) is 0 Å². The van der Waals surface area contributed by atoms with Gasteiger partial charge in [-0.15, -0.1) is 4.52 Å². The molecule has 3 atom stereocenters.